The molecule has 3 aromatic heterocycles. The van der Waals surface area contributed by atoms with Crippen molar-refractivity contribution in [2.45, 2.75) is 0 Å². The molecule has 0 radical (unpaired) electrons. The fraction of sp³-hybridized carbons (Fsp3) is 0. The first-order chi connectivity index (χ1) is 14.4. The molecule has 0 aliphatic heterocycles. The summed E-state index contributed by atoms with van der Waals surface area (Å²) in [4.78, 5) is 4.96. The van der Waals surface area contributed by atoms with Crippen molar-refractivity contribution in [2.24, 2.45) is 0 Å². The average Bonchev–Trinajstić information content (AvgIpc) is 3.45. The molecule has 0 aliphatic carbocycles. The first kappa shape index (κ1) is 15.7. The van der Waals surface area contributed by atoms with Crippen LogP contribution in [0.25, 0.3) is 62.9 Å². The number of furan rings is 1. The predicted octanol–water partition coefficient (Wildman–Crippen LogP) is 8.23. The van der Waals surface area contributed by atoms with E-state index in [4.69, 9.17) is 9.40 Å². The summed E-state index contributed by atoms with van der Waals surface area (Å²) < 4.78 is 10.2. The molecule has 0 fully saturated rings. The van der Waals surface area contributed by atoms with Crippen LogP contribution >= 0.6 is 22.7 Å². The Kier molecular flexibility index (Phi) is 3.06. The maximum absolute atomic E-state index is 6.45. The zero-order valence-corrected chi connectivity index (χ0v) is 16.8. The van der Waals surface area contributed by atoms with Crippen LogP contribution in [-0.2, 0) is 0 Å². The number of nitrogens with zero attached hydrogens (tertiary/aromatic N) is 1. The van der Waals surface area contributed by atoms with Gasteiger partial charge in [0, 0.05) is 36.5 Å². The molecular formula is C25H13NOS2. The molecule has 4 aromatic carbocycles. The monoisotopic (exact) mass is 407 g/mol. The van der Waals surface area contributed by atoms with E-state index < -0.39 is 0 Å². The first-order valence-corrected chi connectivity index (χ1v) is 11.1. The molecule has 0 amide bonds. The highest BCUT2D eigenvalue weighted by molar-refractivity contribution is 7.26. The molecule has 29 heavy (non-hydrogen) atoms. The minimum atomic E-state index is 0.924. The fourth-order valence-corrected chi connectivity index (χ4v) is 6.38. The lowest BCUT2D eigenvalue weighted by molar-refractivity contribution is 0.673. The van der Waals surface area contributed by atoms with Crippen molar-refractivity contribution in [3.05, 3.63) is 78.9 Å². The number of aromatic nitrogens is 1. The van der Waals surface area contributed by atoms with E-state index in [2.05, 4.69) is 66.7 Å². The van der Waals surface area contributed by atoms with E-state index in [-0.39, 0.29) is 0 Å². The Morgan fingerprint density at radius 3 is 2.31 bits per heavy atom. The van der Waals surface area contributed by atoms with Crippen LogP contribution in [0.1, 0.15) is 0 Å². The van der Waals surface area contributed by atoms with Crippen molar-refractivity contribution >= 4 is 75.0 Å². The molecule has 7 aromatic rings. The second-order valence-electron chi connectivity index (χ2n) is 7.18. The largest absolute Gasteiger partial charge is 0.455 e. The van der Waals surface area contributed by atoms with E-state index in [9.17, 15) is 0 Å². The Morgan fingerprint density at radius 1 is 0.655 bits per heavy atom. The van der Waals surface area contributed by atoms with E-state index >= 15 is 0 Å². The smallest absolute Gasteiger partial charge is 0.145 e. The molecule has 4 heteroatoms. The van der Waals surface area contributed by atoms with Gasteiger partial charge in [-0.05, 0) is 30.3 Å². The van der Waals surface area contributed by atoms with E-state index in [1.807, 2.05) is 23.5 Å². The molecule has 0 N–H and O–H groups in total. The van der Waals surface area contributed by atoms with Gasteiger partial charge >= 0.3 is 0 Å². The number of thiophene rings is 1. The summed E-state index contributed by atoms with van der Waals surface area (Å²) in [6, 6.07) is 27.5. The van der Waals surface area contributed by atoms with Crippen LogP contribution in [0.3, 0.4) is 0 Å². The molecule has 0 spiro atoms. The molecule has 2 nitrogen and oxygen atoms in total. The van der Waals surface area contributed by atoms with Crippen molar-refractivity contribution in [1.82, 2.24) is 4.98 Å². The SMILES string of the molecule is c1ccc2sc(-c3cc4sc5ccccc5c4c4oc5ccccc5c34)nc2c1. The van der Waals surface area contributed by atoms with Gasteiger partial charge in [-0.1, -0.05) is 48.5 Å². The zero-order chi connectivity index (χ0) is 18.9. The number of hydrogen-bond acceptors (Lipinski definition) is 4. The molecule has 0 saturated carbocycles. The summed E-state index contributed by atoms with van der Waals surface area (Å²) in [7, 11) is 0. The summed E-state index contributed by atoms with van der Waals surface area (Å²) in [5, 5.41) is 5.82. The van der Waals surface area contributed by atoms with Gasteiger partial charge in [0.1, 0.15) is 16.2 Å². The summed E-state index contributed by atoms with van der Waals surface area (Å²) >= 11 is 3.56. The van der Waals surface area contributed by atoms with E-state index in [0.717, 1.165) is 38.0 Å². The Morgan fingerprint density at radius 2 is 1.41 bits per heavy atom. The maximum atomic E-state index is 6.45. The van der Waals surface area contributed by atoms with Crippen LogP contribution in [-0.4, -0.2) is 4.98 Å². The summed E-state index contributed by atoms with van der Waals surface area (Å²) in [6.07, 6.45) is 0. The summed E-state index contributed by atoms with van der Waals surface area (Å²) in [5.41, 5.74) is 4.10. The minimum Gasteiger partial charge on any atom is -0.455 e. The molecular weight excluding hydrogens is 394 g/mol. The van der Waals surface area contributed by atoms with Crippen LogP contribution in [0.15, 0.2) is 83.3 Å². The van der Waals surface area contributed by atoms with Crippen LogP contribution in [0.5, 0.6) is 0 Å². The highest BCUT2D eigenvalue weighted by Crippen LogP contribution is 2.47. The molecule has 3 heterocycles. The van der Waals surface area contributed by atoms with Crippen molar-refractivity contribution in [2.75, 3.05) is 0 Å². The normalized spacial score (nSPS) is 12.1. The fourth-order valence-electron chi connectivity index (χ4n) is 4.25. The predicted molar refractivity (Wildman–Crippen MR) is 125 cm³/mol. The van der Waals surface area contributed by atoms with Gasteiger partial charge in [-0.3, -0.25) is 0 Å². The van der Waals surface area contributed by atoms with Crippen LogP contribution in [0.4, 0.5) is 0 Å². The topological polar surface area (TPSA) is 26.0 Å². The lowest BCUT2D eigenvalue weighted by Crippen LogP contribution is -1.79. The summed E-state index contributed by atoms with van der Waals surface area (Å²) in [6.45, 7) is 0. The second kappa shape index (κ2) is 5.66. The molecule has 0 aliphatic rings. The van der Waals surface area contributed by atoms with Gasteiger partial charge in [0.15, 0.2) is 0 Å². The third-order valence-electron chi connectivity index (χ3n) is 5.51. The van der Waals surface area contributed by atoms with E-state index in [1.54, 1.807) is 11.3 Å². The van der Waals surface area contributed by atoms with Crippen molar-refractivity contribution in [3.8, 4) is 10.6 Å². The van der Waals surface area contributed by atoms with Crippen LogP contribution in [0.2, 0.25) is 0 Å². The molecule has 136 valence electrons. The minimum absolute atomic E-state index is 0.924. The van der Waals surface area contributed by atoms with E-state index in [1.165, 1.54) is 24.9 Å². The average molecular weight is 408 g/mol. The quantitative estimate of drug-likeness (QED) is 0.274. The van der Waals surface area contributed by atoms with Gasteiger partial charge in [0.05, 0.1) is 10.2 Å². The van der Waals surface area contributed by atoms with Crippen molar-refractivity contribution in [1.29, 1.82) is 0 Å². The Balaban J connectivity index is 1.73. The molecule has 0 unspecified atom stereocenters. The standard InChI is InChI=1S/C25H13NOS2/c1-4-10-18-14(7-1)22-16(25-26-17-9-3-6-12-20(17)29-25)13-21-23(24(22)27-18)15-8-2-5-11-19(15)28-21/h1-13H. The van der Waals surface area contributed by atoms with Crippen molar-refractivity contribution < 1.29 is 4.42 Å². The molecule has 0 atom stereocenters. The third kappa shape index (κ3) is 2.13. The van der Waals surface area contributed by atoms with Gasteiger partial charge in [-0.2, -0.15) is 0 Å². The van der Waals surface area contributed by atoms with Crippen LogP contribution in [0, 0.1) is 0 Å². The Hall–Kier alpha value is -3.21. The Labute approximate surface area is 173 Å². The number of fused-ring (bicyclic) bond motifs is 8. The number of hydrogen-bond donors (Lipinski definition) is 0. The van der Waals surface area contributed by atoms with Crippen LogP contribution < -0.4 is 0 Å². The lowest BCUT2D eigenvalue weighted by atomic mass is 10.0. The van der Waals surface area contributed by atoms with Gasteiger partial charge in [0.2, 0.25) is 0 Å². The third-order valence-corrected chi connectivity index (χ3v) is 7.70. The number of rotatable bonds is 1. The first-order valence-electron chi connectivity index (χ1n) is 9.48. The molecule has 0 bridgehead atoms. The van der Waals surface area contributed by atoms with Gasteiger partial charge in [0.25, 0.3) is 0 Å². The second-order valence-corrected chi connectivity index (χ2v) is 9.30. The van der Waals surface area contributed by atoms with E-state index in [0.29, 0.717) is 0 Å². The number of para-hydroxylation sites is 2. The summed E-state index contributed by atoms with van der Waals surface area (Å²) in [5.74, 6) is 0. The highest BCUT2D eigenvalue weighted by atomic mass is 32.1. The van der Waals surface area contributed by atoms with Gasteiger partial charge in [-0.25, -0.2) is 4.98 Å². The maximum Gasteiger partial charge on any atom is 0.145 e. The Bertz CT molecular complexity index is 1680. The molecule has 0 saturated heterocycles. The highest BCUT2D eigenvalue weighted by Gasteiger charge is 2.20. The lowest BCUT2D eigenvalue weighted by Gasteiger charge is -2.02. The van der Waals surface area contributed by atoms with Gasteiger partial charge in [-0.15, -0.1) is 22.7 Å². The number of thiazole rings is 1. The molecule has 7 rings (SSSR count). The van der Waals surface area contributed by atoms with Crippen molar-refractivity contribution in [3.63, 3.8) is 0 Å². The number of benzene rings is 4. The van der Waals surface area contributed by atoms with Gasteiger partial charge < -0.3 is 4.42 Å². The zero-order valence-electron chi connectivity index (χ0n) is 15.2.